The maximum atomic E-state index is 13.7. The fourth-order valence-electron chi connectivity index (χ4n) is 2.56. The van der Waals surface area contributed by atoms with E-state index in [1.165, 1.54) is 11.0 Å². The van der Waals surface area contributed by atoms with Crippen LogP contribution in [-0.2, 0) is 4.79 Å². The Morgan fingerprint density at radius 2 is 1.58 bits per heavy atom. The van der Waals surface area contributed by atoms with Crippen LogP contribution in [0.4, 0.5) is 8.78 Å². The van der Waals surface area contributed by atoms with Gasteiger partial charge in [0, 0.05) is 26.2 Å². The maximum Gasteiger partial charge on any atom is 0.259 e. The van der Waals surface area contributed by atoms with Crippen molar-refractivity contribution in [3.63, 3.8) is 0 Å². The molecule has 1 aromatic carbocycles. The van der Waals surface area contributed by atoms with Crippen LogP contribution in [0.25, 0.3) is 0 Å². The van der Waals surface area contributed by atoms with Crippen LogP contribution in [-0.4, -0.2) is 59.0 Å². The summed E-state index contributed by atoms with van der Waals surface area (Å²) < 4.78 is 27.4. The van der Waals surface area contributed by atoms with E-state index in [0.29, 0.717) is 0 Å². The molecule has 2 amide bonds. The first-order chi connectivity index (χ1) is 11.3. The van der Waals surface area contributed by atoms with E-state index in [0.717, 1.165) is 12.1 Å². The standard InChI is InChI=1S/C17H22F2N2O3/c1-11(2)14(22)10-15(23)20-6-8-21(9-7-20)17(24)16-12(18)4-3-5-13(16)19/h3-5,11,14,22H,6-10H2,1-2H3. The minimum Gasteiger partial charge on any atom is -0.392 e. The number of amides is 2. The summed E-state index contributed by atoms with van der Waals surface area (Å²) in [6.07, 6.45) is -0.669. The van der Waals surface area contributed by atoms with Gasteiger partial charge in [-0.05, 0) is 18.1 Å². The van der Waals surface area contributed by atoms with Crippen molar-refractivity contribution >= 4 is 11.8 Å². The van der Waals surface area contributed by atoms with E-state index in [2.05, 4.69) is 0 Å². The quantitative estimate of drug-likeness (QED) is 0.907. The number of hydrogen-bond donors (Lipinski definition) is 1. The van der Waals surface area contributed by atoms with Crippen molar-refractivity contribution in [2.24, 2.45) is 5.92 Å². The first-order valence-electron chi connectivity index (χ1n) is 8.00. The van der Waals surface area contributed by atoms with E-state index < -0.39 is 29.2 Å². The first kappa shape index (κ1) is 18.3. The number of piperazine rings is 1. The largest absolute Gasteiger partial charge is 0.392 e. The van der Waals surface area contributed by atoms with Gasteiger partial charge in [0.25, 0.3) is 5.91 Å². The van der Waals surface area contributed by atoms with Crippen LogP contribution >= 0.6 is 0 Å². The lowest BCUT2D eigenvalue weighted by atomic mass is 10.0. The zero-order chi connectivity index (χ0) is 17.9. The SMILES string of the molecule is CC(C)C(O)CC(=O)N1CCN(C(=O)c2c(F)cccc2F)CC1. The number of halogens is 2. The van der Waals surface area contributed by atoms with Crippen molar-refractivity contribution in [1.29, 1.82) is 0 Å². The molecule has 0 bridgehead atoms. The van der Waals surface area contributed by atoms with Crippen molar-refractivity contribution in [2.45, 2.75) is 26.4 Å². The highest BCUT2D eigenvalue weighted by Crippen LogP contribution is 2.17. The number of aliphatic hydroxyl groups excluding tert-OH is 1. The monoisotopic (exact) mass is 340 g/mol. The minimum atomic E-state index is -0.890. The van der Waals surface area contributed by atoms with Crippen molar-refractivity contribution in [3.8, 4) is 0 Å². The van der Waals surface area contributed by atoms with Crippen molar-refractivity contribution < 1.29 is 23.5 Å². The summed E-state index contributed by atoms with van der Waals surface area (Å²) in [5.74, 6) is -2.68. The molecule has 1 aliphatic heterocycles. The topological polar surface area (TPSA) is 60.9 Å². The molecule has 0 saturated carbocycles. The molecule has 1 unspecified atom stereocenters. The van der Waals surface area contributed by atoms with Crippen LogP contribution in [0.1, 0.15) is 30.6 Å². The third kappa shape index (κ3) is 4.08. The molecule has 2 rings (SSSR count). The van der Waals surface area contributed by atoms with Crippen LogP contribution in [0.2, 0.25) is 0 Å². The minimum absolute atomic E-state index is 0.0131. The molecular formula is C17H22F2N2O3. The number of benzene rings is 1. The number of carbonyl (C=O) groups excluding carboxylic acids is 2. The highest BCUT2D eigenvalue weighted by molar-refractivity contribution is 5.95. The predicted octanol–water partition coefficient (Wildman–Crippen LogP) is 1.66. The highest BCUT2D eigenvalue weighted by Gasteiger charge is 2.29. The Morgan fingerprint density at radius 1 is 1.08 bits per heavy atom. The Kier molecular flexibility index (Phi) is 5.88. The van der Waals surface area contributed by atoms with E-state index >= 15 is 0 Å². The molecule has 1 heterocycles. The van der Waals surface area contributed by atoms with E-state index in [1.807, 2.05) is 13.8 Å². The summed E-state index contributed by atoms with van der Waals surface area (Å²) >= 11 is 0. The summed E-state index contributed by atoms with van der Waals surface area (Å²) in [5, 5.41) is 9.78. The molecule has 0 spiro atoms. The molecule has 5 nitrogen and oxygen atoms in total. The zero-order valence-electron chi connectivity index (χ0n) is 13.8. The van der Waals surface area contributed by atoms with E-state index in [-0.39, 0.29) is 44.4 Å². The van der Waals surface area contributed by atoms with Gasteiger partial charge in [0.15, 0.2) is 0 Å². The number of aliphatic hydroxyl groups is 1. The molecule has 1 aliphatic rings. The molecule has 132 valence electrons. The third-order valence-electron chi connectivity index (χ3n) is 4.25. The summed E-state index contributed by atoms with van der Waals surface area (Å²) in [6, 6.07) is 3.30. The Morgan fingerprint density at radius 3 is 2.08 bits per heavy atom. The van der Waals surface area contributed by atoms with Crippen LogP contribution < -0.4 is 0 Å². The molecule has 0 radical (unpaired) electrons. The molecule has 1 fully saturated rings. The van der Waals surface area contributed by atoms with Gasteiger partial charge in [-0.2, -0.15) is 0 Å². The van der Waals surface area contributed by atoms with E-state index in [9.17, 15) is 23.5 Å². The molecule has 1 N–H and O–H groups in total. The Balaban J connectivity index is 1.95. The lowest BCUT2D eigenvalue weighted by molar-refractivity contribution is -0.135. The summed E-state index contributed by atoms with van der Waals surface area (Å²) in [6.45, 7) is 4.64. The summed E-state index contributed by atoms with van der Waals surface area (Å²) in [5.41, 5.74) is -0.562. The fourth-order valence-corrected chi connectivity index (χ4v) is 2.56. The Bertz CT molecular complexity index is 594. The van der Waals surface area contributed by atoms with Gasteiger partial charge in [-0.3, -0.25) is 9.59 Å². The smallest absolute Gasteiger partial charge is 0.259 e. The van der Waals surface area contributed by atoms with Gasteiger partial charge in [0.05, 0.1) is 12.5 Å². The molecule has 1 atom stereocenters. The second kappa shape index (κ2) is 7.70. The summed E-state index contributed by atoms with van der Waals surface area (Å²) in [4.78, 5) is 27.3. The van der Waals surface area contributed by atoms with Crippen LogP contribution in [0.3, 0.4) is 0 Å². The summed E-state index contributed by atoms with van der Waals surface area (Å²) in [7, 11) is 0. The molecule has 0 aliphatic carbocycles. The molecule has 7 heteroatoms. The number of hydrogen-bond acceptors (Lipinski definition) is 3. The molecule has 24 heavy (non-hydrogen) atoms. The average molecular weight is 340 g/mol. The van der Waals surface area contributed by atoms with Crippen molar-refractivity contribution in [3.05, 3.63) is 35.4 Å². The highest BCUT2D eigenvalue weighted by atomic mass is 19.1. The lowest BCUT2D eigenvalue weighted by Crippen LogP contribution is -2.51. The predicted molar refractivity (Wildman–Crippen MR) is 84.3 cm³/mol. The number of nitrogens with zero attached hydrogens (tertiary/aromatic N) is 2. The molecule has 1 saturated heterocycles. The molecule has 0 aromatic heterocycles. The van der Waals surface area contributed by atoms with Crippen molar-refractivity contribution in [1.82, 2.24) is 9.80 Å². The average Bonchev–Trinajstić information content (AvgIpc) is 2.54. The normalized spacial score (nSPS) is 16.4. The Hall–Kier alpha value is -2.02. The number of carbonyl (C=O) groups is 2. The molecule has 1 aromatic rings. The van der Waals surface area contributed by atoms with Gasteiger partial charge in [0.1, 0.15) is 17.2 Å². The van der Waals surface area contributed by atoms with Crippen LogP contribution in [0.15, 0.2) is 18.2 Å². The van der Waals surface area contributed by atoms with Gasteiger partial charge in [0.2, 0.25) is 5.91 Å². The van der Waals surface area contributed by atoms with Gasteiger partial charge in [-0.25, -0.2) is 8.78 Å². The Labute approximate surface area is 139 Å². The van der Waals surface area contributed by atoms with Gasteiger partial charge in [-0.15, -0.1) is 0 Å². The van der Waals surface area contributed by atoms with E-state index in [4.69, 9.17) is 0 Å². The van der Waals surface area contributed by atoms with Gasteiger partial charge < -0.3 is 14.9 Å². The van der Waals surface area contributed by atoms with Crippen LogP contribution in [0, 0.1) is 17.6 Å². The lowest BCUT2D eigenvalue weighted by Gasteiger charge is -2.35. The van der Waals surface area contributed by atoms with Gasteiger partial charge >= 0.3 is 0 Å². The fraction of sp³-hybridized carbons (Fsp3) is 0.529. The van der Waals surface area contributed by atoms with Crippen LogP contribution in [0.5, 0.6) is 0 Å². The van der Waals surface area contributed by atoms with Crippen molar-refractivity contribution in [2.75, 3.05) is 26.2 Å². The molecular weight excluding hydrogens is 318 g/mol. The second-order valence-electron chi connectivity index (χ2n) is 6.29. The maximum absolute atomic E-state index is 13.7. The third-order valence-corrected chi connectivity index (χ3v) is 4.25. The second-order valence-corrected chi connectivity index (χ2v) is 6.29. The van der Waals surface area contributed by atoms with E-state index in [1.54, 1.807) is 4.90 Å². The first-order valence-corrected chi connectivity index (χ1v) is 8.00. The van der Waals surface area contributed by atoms with Gasteiger partial charge in [-0.1, -0.05) is 19.9 Å². The number of rotatable bonds is 4. The zero-order valence-corrected chi connectivity index (χ0v) is 13.8.